The number of hydrogen-bond donors (Lipinski definition) is 2. The molecule has 0 unspecified atom stereocenters. The number of anilines is 1. The van der Waals surface area contributed by atoms with E-state index in [1.165, 1.54) is 19.3 Å². The van der Waals surface area contributed by atoms with Gasteiger partial charge in [-0.1, -0.05) is 0 Å². The van der Waals surface area contributed by atoms with E-state index in [-0.39, 0.29) is 0 Å². The summed E-state index contributed by atoms with van der Waals surface area (Å²) in [7, 11) is 1.67. The molecule has 1 saturated carbocycles. The molecular weight excluding hydrogens is 216 g/mol. The Morgan fingerprint density at radius 2 is 2.29 bits per heavy atom. The predicted octanol–water partition coefficient (Wildman–Crippen LogP) is 2.06. The van der Waals surface area contributed by atoms with E-state index in [9.17, 15) is 0 Å². The van der Waals surface area contributed by atoms with Crippen molar-refractivity contribution in [2.45, 2.75) is 25.3 Å². The van der Waals surface area contributed by atoms with E-state index >= 15 is 0 Å². The van der Waals surface area contributed by atoms with Gasteiger partial charge in [0.15, 0.2) is 0 Å². The van der Waals surface area contributed by atoms with Crippen LogP contribution in [0.4, 0.5) is 5.95 Å². The third-order valence-electron chi connectivity index (χ3n) is 3.47. The average molecular weight is 232 g/mol. The van der Waals surface area contributed by atoms with Crippen LogP contribution in [0.15, 0.2) is 18.2 Å². The molecule has 1 fully saturated rings. The molecule has 0 radical (unpaired) electrons. The molecule has 3 rings (SSSR count). The number of hydrogen-bond acceptors (Lipinski definition) is 4. The molecule has 1 aliphatic carbocycles. The summed E-state index contributed by atoms with van der Waals surface area (Å²) in [6.07, 6.45) is 3.66. The predicted molar refractivity (Wildman–Crippen MR) is 67.0 cm³/mol. The molecule has 1 aliphatic rings. The zero-order valence-corrected chi connectivity index (χ0v) is 9.81. The third kappa shape index (κ3) is 1.54. The largest absolute Gasteiger partial charge is 0.497 e. The number of nitrogens with two attached hydrogens (primary N) is 1. The van der Waals surface area contributed by atoms with Crippen molar-refractivity contribution in [2.75, 3.05) is 12.5 Å². The van der Waals surface area contributed by atoms with Crippen LogP contribution in [-0.4, -0.2) is 16.7 Å². The third-order valence-corrected chi connectivity index (χ3v) is 3.47. The first-order chi connectivity index (χ1) is 8.33. The maximum Gasteiger partial charge on any atom is 0.218 e. The molecule has 0 aliphatic heterocycles. The lowest BCUT2D eigenvalue weighted by Gasteiger charge is -2.28. The zero-order chi connectivity index (χ0) is 11.8. The highest BCUT2D eigenvalue weighted by Crippen LogP contribution is 2.37. The average Bonchev–Trinajstić information content (AvgIpc) is 2.65. The van der Waals surface area contributed by atoms with Gasteiger partial charge in [-0.05, 0) is 31.4 Å². The Labute approximate surface area is 99.5 Å². The number of nitrogen functional groups attached to an aromatic ring is 1. The van der Waals surface area contributed by atoms with E-state index in [2.05, 4.69) is 15.0 Å². The molecular formula is C12H16N4O. The van der Waals surface area contributed by atoms with Gasteiger partial charge < -0.3 is 9.30 Å². The fourth-order valence-electron chi connectivity index (χ4n) is 2.32. The van der Waals surface area contributed by atoms with Gasteiger partial charge in [0.25, 0.3) is 0 Å². The van der Waals surface area contributed by atoms with E-state index in [4.69, 9.17) is 10.6 Å². The maximum atomic E-state index is 5.54. The van der Waals surface area contributed by atoms with Crippen LogP contribution in [0.5, 0.6) is 5.75 Å². The van der Waals surface area contributed by atoms with Gasteiger partial charge in [-0.25, -0.2) is 10.8 Å². The Morgan fingerprint density at radius 3 is 2.88 bits per heavy atom. The second-order valence-corrected chi connectivity index (χ2v) is 4.39. The lowest BCUT2D eigenvalue weighted by Crippen LogP contribution is -2.21. The number of methoxy groups -OCH3 is 1. The van der Waals surface area contributed by atoms with Gasteiger partial charge >= 0.3 is 0 Å². The first kappa shape index (κ1) is 10.4. The van der Waals surface area contributed by atoms with Crippen LogP contribution in [0.3, 0.4) is 0 Å². The zero-order valence-electron chi connectivity index (χ0n) is 9.81. The van der Waals surface area contributed by atoms with E-state index < -0.39 is 0 Å². The number of nitrogens with one attached hydrogen (secondary N) is 1. The second-order valence-electron chi connectivity index (χ2n) is 4.39. The normalized spacial score (nSPS) is 15.9. The first-order valence-corrected chi connectivity index (χ1v) is 5.86. The van der Waals surface area contributed by atoms with Crippen LogP contribution >= 0.6 is 0 Å². The van der Waals surface area contributed by atoms with Crippen LogP contribution in [0.2, 0.25) is 0 Å². The second kappa shape index (κ2) is 3.92. The van der Waals surface area contributed by atoms with Crippen LogP contribution in [0, 0.1) is 0 Å². The molecule has 0 atom stereocenters. The molecule has 1 heterocycles. The minimum absolute atomic E-state index is 0.512. The van der Waals surface area contributed by atoms with E-state index in [0.29, 0.717) is 6.04 Å². The SMILES string of the molecule is COc1ccc2nc(NN)n(C3CCC3)c2c1. The minimum Gasteiger partial charge on any atom is -0.497 e. The molecule has 90 valence electrons. The highest BCUT2D eigenvalue weighted by molar-refractivity contribution is 5.80. The molecule has 5 nitrogen and oxygen atoms in total. The molecule has 0 saturated heterocycles. The van der Waals surface area contributed by atoms with Gasteiger partial charge in [0.05, 0.1) is 18.1 Å². The standard InChI is InChI=1S/C12H16N4O/c1-17-9-5-6-10-11(7-9)16(8-3-2-4-8)12(14-10)15-13/h5-8H,2-4,13H2,1H3,(H,14,15). The fourth-order valence-corrected chi connectivity index (χ4v) is 2.32. The van der Waals surface area contributed by atoms with Crippen molar-refractivity contribution >= 4 is 17.0 Å². The van der Waals surface area contributed by atoms with Gasteiger partial charge in [0, 0.05) is 12.1 Å². The van der Waals surface area contributed by atoms with E-state index in [1.807, 2.05) is 18.2 Å². The van der Waals surface area contributed by atoms with Gasteiger partial charge in [-0.3, -0.25) is 5.43 Å². The quantitative estimate of drug-likeness (QED) is 0.628. The van der Waals surface area contributed by atoms with Crippen molar-refractivity contribution in [1.29, 1.82) is 0 Å². The Morgan fingerprint density at radius 1 is 1.47 bits per heavy atom. The number of imidazole rings is 1. The molecule has 0 spiro atoms. The van der Waals surface area contributed by atoms with Crippen molar-refractivity contribution in [1.82, 2.24) is 9.55 Å². The van der Waals surface area contributed by atoms with Crippen LogP contribution in [0.25, 0.3) is 11.0 Å². The molecule has 1 aromatic heterocycles. The number of rotatable bonds is 3. The topological polar surface area (TPSA) is 65.1 Å². The Balaban J connectivity index is 2.19. The van der Waals surface area contributed by atoms with Gasteiger partial charge in [0.1, 0.15) is 5.75 Å². The molecule has 17 heavy (non-hydrogen) atoms. The summed E-state index contributed by atoms with van der Waals surface area (Å²) < 4.78 is 7.44. The number of fused-ring (bicyclic) bond motifs is 1. The molecule has 5 heteroatoms. The lowest BCUT2D eigenvalue weighted by atomic mass is 9.93. The lowest BCUT2D eigenvalue weighted by molar-refractivity contribution is 0.323. The Bertz CT molecular complexity index is 545. The van der Waals surface area contributed by atoms with Crippen molar-refractivity contribution in [2.24, 2.45) is 5.84 Å². The molecule has 3 N–H and O–H groups in total. The smallest absolute Gasteiger partial charge is 0.218 e. The molecule has 2 aromatic rings. The highest BCUT2D eigenvalue weighted by Gasteiger charge is 2.24. The van der Waals surface area contributed by atoms with Crippen molar-refractivity contribution in [3.8, 4) is 5.75 Å². The van der Waals surface area contributed by atoms with Crippen LogP contribution in [0.1, 0.15) is 25.3 Å². The maximum absolute atomic E-state index is 5.54. The van der Waals surface area contributed by atoms with E-state index in [0.717, 1.165) is 22.7 Å². The molecule has 0 amide bonds. The van der Waals surface area contributed by atoms with Gasteiger partial charge in [0.2, 0.25) is 5.95 Å². The summed E-state index contributed by atoms with van der Waals surface area (Å²) in [5.74, 6) is 7.12. The summed E-state index contributed by atoms with van der Waals surface area (Å²) >= 11 is 0. The summed E-state index contributed by atoms with van der Waals surface area (Å²) in [6, 6.07) is 6.41. The Hall–Kier alpha value is -1.75. The number of benzene rings is 1. The van der Waals surface area contributed by atoms with Gasteiger partial charge in [-0.2, -0.15) is 0 Å². The summed E-state index contributed by atoms with van der Waals surface area (Å²) in [5, 5.41) is 0. The number of nitrogens with zero attached hydrogens (tertiary/aromatic N) is 2. The fraction of sp³-hybridized carbons (Fsp3) is 0.417. The van der Waals surface area contributed by atoms with Crippen molar-refractivity contribution in [3.63, 3.8) is 0 Å². The van der Waals surface area contributed by atoms with Crippen molar-refractivity contribution < 1.29 is 4.74 Å². The summed E-state index contributed by atoms with van der Waals surface area (Å²) in [4.78, 5) is 4.48. The van der Waals surface area contributed by atoms with Crippen molar-refractivity contribution in [3.05, 3.63) is 18.2 Å². The number of ether oxygens (including phenoxy) is 1. The monoisotopic (exact) mass is 232 g/mol. The first-order valence-electron chi connectivity index (χ1n) is 5.86. The van der Waals surface area contributed by atoms with Crippen LogP contribution < -0.4 is 16.0 Å². The van der Waals surface area contributed by atoms with Crippen LogP contribution in [-0.2, 0) is 0 Å². The molecule has 1 aromatic carbocycles. The molecule has 0 bridgehead atoms. The Kier molecular flexibility index (Phi) is 2.40. The van der Waals surface area contributed by atoms with E-state index in [1.54, 1.807) is 7.11 Å². The van der Waals surface area contributed by atoms with Gasteiger partial charge in [-0.15, -0.1) is 0 Å². The summed E-state index contributed by atoms with van der Waals surface area (Å²) in [5.41, 5.74) is 4.72. The summed E-state index contributed by atoms with van der Waals surface area (Å²) in [6.45, 7) is 0. The number of aromatic nitrogens is 2. The number of hydrazine groups is 1. The highest BCUT2D eigenvalue weighted by atomic mass is 16.5. The minimum atomic E-state index is 0.512.